The van der Waals surface area contributed by atoms with E-state index in [0.29, 0.717) is 17.7 Å². The van der Waals surface area contributed by atoms with Crippen molar-refractivity contribution in [3.63, 3.8) is 0 Å². The summed E-state index contributed by atoms with van der Waals surface area (Å²) in [4.78, 5) is 23.3. The molecule has 6 heteroatoms. The minimum absolute atomic E-state index is 0.0814. The number of esters is 1. The highest BCUT2D eigenvalue weighted by atomic mass is 19.1. The van der Waals surface area contributed by atoms with E-state index in [1.54, 1.807) is 31.2 Å². The van der Waals surface area contributed by atoms with Gasteiger partial charge in [-0.05, 0) is 48.7 Å². The maximum Gasteiger partial charge on any atom is 0.306 e. The van der Waals surface area contributed by atoms with Gasteiger partial charge >= 0.3 is 5.97 Å². The molecule has 1 amide bonds. The third kappa shape index (κ3) is 5.46. The molecular formula is C18H17F2NO3. The van der Waals surface area contributed by atoms with Crippen molar-refractivity contribution in [1.82, 2.24) is 0 Å². The summed E-state index contributed by atoms with van der Waals surface area (Å²) in [5.74, 6) is -1.85. The highest BCUT2D eigenvalue weighted by molar-refractivity contribution is 5.92. The molecule has 126 valence electrons. The molecule has 0 saturated carbocycles. The molecule has 0 spiro atoms. The van der Waals surface area contributed by atoms with E-state index in [4.69, 9.17) is 4.74 Å². The summed E-state index contributed by atoms with van der Waals surface area (Å²) in [5.41, 5.74) is 1.57. The van der Waals surface area contributed by atoms with Crippen molar-refractivity contribution in [3.05, 3.63) is 65.2 Å². The smallest absolute Gasteiger partial charge is 0.306 e. The zero-order valence-electron chi connectivity index (χ0n) is 13.1. The minimum atomic E-state index is -0.548. The number of anilines is 1. The van der Waals surface area contributed by atoms with E-state index in [1.807, 2.05) is 0 Å². The highest BCUT2D eigenvalue weighted by Crippen LogP contribution is 2.13. The Labute approximate surface area is 138 Å². The van der Waals surface area contributed by atoms with Crippen LogP contribution in [0.15, 0.2) is 42.5 Å². The van der Waals surface area contributed by atoms with Gasteiger partial charge < -0.3 is 10.1 Å². The van der Waals surface area contributed by atoms with Crippen molar-refractivity contribution >= 4 is 17.6 Å². The second kappa shape index (κ2) is 8.19. The average molecular weight is 333 g/mol. The van der Waals surface area contributed by atoms with Gasteiger partial charge in [-0.3, -0.25) is 9.59 Å². The van der Waals surface area contributed by atoms with Crippen molar-refractivity contribution in [1.29, 1.82) is 0 Å². The van der Waals surface area contributed by atoms with Gasteiger partial charge in [0.05, 0.1) is 0 Å². The first-order chi connectivity index (χ1) is 11.4. The number of rotatable bonds is 6. The maximum atomic E-state index is 13.4. The Morgan fingerprint density at radius 2 is 1.79 bits per heavy atom. The van der Waals surface area contributed by atoms with Gasteiger partial charge in [0.2, 0.25) is 0 Å². The standard InChI is InChI=1S/C18H17F2NO3/c1-12-2-8-15(10-16(12)20)21-17(22)11-24-18(23)9-5-13-3-6-14(19)7-4-13/h2-4,6-8,10H,5,9,11H2,1H3,(H,21,22). The van der Waals surface area contributed by atoms with Crippen molar-refractivity contribution < 1.29 is 23.1 Å². The molecule has 0 unspecified atom stereocenters. The summed E-state index contributed by atoms with van der Waals surface area (Å²) in [7, 11) is 0. The van der Waals surface area contributed by atoms with Gasteiger partial charge in [0.15, 0.2) is 6.61 Å². The van der Waals surface area contributed by atoms with Crippen LogP contribution in [0.2, 0.25) is 0 Å². The number of ether oxygens (including phenoxy) is 1. The highest BCUT2D eigenvalue weighted by Gasteiger charge is 2.09. The van der Waals surface area contributed by atoms with Crippen LogP contribution in [0.3, 0.4) is 0 Å². The molecule has 4 nitrogen and oxygen atoms in total. The lowest BCUT2D eigenvalue weighted by atomic mass is 10.1. The lowest BCUT2D eigenvalue weighted by Crippen LogP contribution is -2.21. The van der Waals surface area contributed by atoms with E-state index in [1.165, 1.54) is 18.2 Å². The number of hydrogen-bond acceptors (Lipinski definition) is 3. The van der Waals surface area contributed by atoms with Gasteiger partial charge in [-0.1, -0.05) is 18.2 Å². The first kappa shape index (κ1) is 17.6. The van der Waals surface area contributed by atoms with E-state index in [0.717, 1.165) is 5.56 Å². The lowest BCUT2D eigenvalue weighted by Gasteiger charge is -2.07. The summed E-state index contributed by atoms with van der Waals surface area (Å²) in [6, 6.07) is 10.1. The molecule has 0 bridgehead atoms. The molecule has 0 saturated heterocycles. The fourth-order valence-corrected chi connectivity index (χ4v) is 1.98. The van der Waals surface area contributed by atoms with Crippen LogP contribution >= 0.6 is 0 Å². The van der Waals surface area contributed by atoms with Gasteiger partial charge in [0.1, 0.15) is 11.6 Å². The Bertz CT molecular complexity index is 730. The molecule has 0 aliphatic heterocycles. The monoisotopic (exact) mass is 333 g/mol. The minimum Gasteiger partial charge on any atom is -0.456 e. The number of carbonyl (C=O) groups excluding carboxylic acids is 2. The summed E-state index contributed by atoms with van der Waals surface area (Å²) >= 11 is 0. The Balaban J connectivity index is 1.73. The molecule has 0 atom stereocenters. The number of aryl methyl sites for hydroxylation is 2. The quantitative estimate of drug-likeness (QED) is 0.825. The Morgan fingerprint density at radius 3 is 2.46 bits per heavy atom. The molecule has 2 aromatic rings. The second-order valence-electron chi connectivity index (χ2n) is 5.30. The van der Waals surface area contributed by atoms with Crippen LogP contribution in [0.4, 0.5) is 14.5 Å². The van der Waals surface area contributed by atoms with Gasteiger partial charge in [-0.15, -0.1) is 0 Å². The van der Waals surface area contributed by atoms with Crippen LogP contribution in [0.25, 0.3) is 0 Å². The maximum absolute atomic E-state index is 13.4. The van der Waals surface area contributed by atoms with Gasteiger partial charge in [-0.25, -0.2) is 8.78 Å². The number of amides is 1. The van der Waals surface area contributed by atoms with Crippen LogP contribution in [0, 0.1) is 18.6 Å². The Morgan fingerprint density at radius 1 is 1.08 bits per heavy atom. The predicted octanol–water partition coefficient (Wildman–Crippen LogP) is 3.39. The molecule has 0 radical (unpaired) electrons. The van der Waals surface area contributed by atoms with E-state index in [9.17, 15) is 18.4 Å². The van der Waals surface area contributed by atoms with Crippen molar-refractivity contribution in [2.75, 3.05) is 11.9 Å². The fraction of sp³-hybridized carbons (Fsp3) is 0.222. The number of benzene rings is 2. The molecule has 0 aliphatic carbocycles. The summed E-state index contributed by atoms with van der Waals surface area (Å²) < 4.78 is 31.0. The molecule has 0 aromatic heterocycles. The Hall–Kier alpha value is -2.76. The zero-order valence-corrected chi connectivity index (χ0v) is 13.1. The first-order valence-corrected chi connectivity index (χ1v) is 7.40. The van der Waals surface area contributed by atoms with Gasteiger partial charge in [0.25, 0.3) is 5.91 Å². The number of hydrogen-bond donors (Lipinski definition) is 1. The normalized spacial score (nSPS) is 10.3. The van der Waals surface area contributed by atoms with E-state index in [2.05, 4.69) is 5.32 Å². The molecule has 24 heavy (non-hydrogen) atoms. The molecule has 2 aromatic carbocycles. The SMILES string of the molecule is Cc1ccc(NC(=O)COC(=O)CCc2ccc(F)cc2)cc1F. The number of nitrogens with one attached hydrogen (secondary N) is 1. The van der Waals surface area contributed by atoms with Crippen LogP contribution < -0.4 is 5.32 Å². The molecular weight excluding hydrogens is 316 g/mol. The largest absolute Gasteiger partial charge is 0.456 e. The third-order valence-electron chi connectivity index (χ3n) is 3.35. The summed E-state index contributed by atoms with van der Waals surface area (Å²) in [6.07, 6.45) is 0.474. The third-order valence-corrected chi connectivity index (χ3v) is 3.35. The Kier molecular flexibility index (Phi) is 6.01. The zero-order chi connectivity index (χ0) is 17.5. The predicted molar refractivity (Wildman–Crippen MR) is 85.4 cm³/mol. The summed E-state index contributed by atoms with van der Waals surface area (Å²) in [6.45, 7) is 1.17. The van der Waals surface area contributed by atoms with Crippen molar-refractivity contribution in [3.8, 4) is 0 Å². The summed E-state index contributed by atoms with van der Waals surface area (Å²) in [5, 5.41) is 2.45. The molecule has 2 rings (SSSR count). The molecule has 0 heterocycles. The topological polar surface area (TPSA) is 55.4 Å². The van der Waals surface area contributed by atoms with Crippen LogP contribution in [0.5, 0.6) is 0 Å². The van der Waals surface area contributed by atoms with E-state index in [-0.39, 0.29) is 12.2 Å². The lowest BCUT2D eigenvalue weighted by molar-refractivity contribution is -0.147. The van der Waals surface area contributed by atoms with Gasteiger partial charge in [-0.2, -0.15) is 0 Å². The van der Waals surface area contributed by atoms with Gasteiger partial charge in [0, 0.05) is 12.1 Å². The number of carbonyl (C=O) groups is 2. The van der Waals surface area contributed by atoms with Crippen LogP contribution in [0.1, 0.15) is 17.5 Å². The number of halogens is 2. The van der Waals surface area contributed by atoms with E-state index < -0.39 is 24.3 Å². The fourth-order valence-electron chi connectivity index (χ4n) is 1.98. The van der Waals surface area contributed by atoms with E-state index >= 15 is 0 Å². The first-order valence-electron chi connectivity index (χ1n) is 7.40. The average Bonchev–Trinajstić information content (AvgIpc) is 2.56. The van der Waals surface area contributed by atoms with Crippen molar-refractivity contribution in [2.45, 2.75) is 19.8 Å². The molecule has 0 fully saturated rings. The van der Waals surface area contributed by atoms with Crippen molar-refractivity contribution in [2.24, 2.45) is 0 Å². The molecule has 0 aliphatic rings. The van der Waals surface area contributed by atoms with Crippen LogP contribution in [-0.2, 0) is 20.7 Å². The van der Waals surface area contributed by atoms with Crippen LogP contribution in [-0.4, -0.2) is 18.5 Å². The molecule has 1 N–H and O–H groups in total. The second-order valence-corrected chi connectivity index (χ2v) is 5.30.